The third-order valence-electron chi connectivity index (χ3n) is 2.55. The van der Waals surface area contributed by atoms with Crippen LogP contribution in [0.5, 0.6) is 0 Å². The number of hydrogen-bond donors (Lipinski definition) is 3. The highest BCUT2D eigenvalue weighted by Crippen LogP contribution is 2.19. The highest BCUT2D eigenvalue weighted by atomic mass is 35.5. The lowest BCUT2D eigenvalue weighted by Crippen LogP contribution is -2.27. The molecule has 0 aromatic heterocycles. The molecular weight excluding hydrogens is 294 g/mol. The maximum absolute atomic E-state index is 11.7. The molecule has 110 valence electrons. The predicted molar refractivity (Wildman–Crippen MR) is 78.8 cm³/mol. The molecule has 6 nitrogen and oxygen atoms in total. The molecule has 0 aliphatic carbocycles. The van der Waals surface area contributed by atoms with Crippen LogP contribution in [0.2, 0.25) is 5.02 Å². The summed E-state index contributed by atoms with van der Waals surface area (Å²) in [6.07, 6.45) is 1.07. The molecule has 0 spiro atoms. The minimum atomic E-state index is -1.02. The number of carboxylic acids is 1. The number of hydrogen-bond acceptors (Lipinski definition) is 4. The van der Waals surface area contributed by atoms with Crippen molar-refractivity contribution in [3.05, 3.63) is 40.6 Å². The van der Waals surface area contributed by atoms with Gasteiger partial charge in [0.25, 0.3) is 5.91 Å². The quantitative estimate of drug-likeness (QED) is 0.551. The molecule has 0 unspecified atom stereocenters. The number of nitriles is 1. The van der Waals surface area contributed by atoms with Gasteiger partial charge in [-0.15, -0.1) is 0 Å². The minimum absolute atomic E-state index is 0.0346. The second-order valence-electron chi connectivity index (χ2n) is 4.17. The van der Waals surface area contributed by atoms with Crippen molar-refractivity contribution in [1.29, 1.82) is 5.26 Å². The molecule has 7 heteroatoms. The van der Waals surface area contributed by atoms with E-state index in [-0.39, 0.29) is 18.5 Å². The Labute approximate surface area is 127 Å². The van der Waals surface area contributed by atoms with Crippen molar-refractivity contribution in [3.8, 4) is 6.07 Å². The Morgan fingerprint density at radius 2 is 2.19 bits per heavy atom. The van der Waals surface area contributed by atoms with Crippen molar-refractivity contribution in [2.75, 3.05) is 11.9 Å². The van der Waals surface area contributed by atoms with Gasteiger partial charge < -0.3 is 15.7 Å². The number of carbonyl (C=O) groups is 2. The van der Waals surface area contributed by atoms with Gasteiger partial charge in [-0.25, -0.2) is 0 Å². The molecule has 1 aromatic rings. The lowest BCUT2D eigenvalue weighted by atomic mass is 10.2. The van der Waals surface area contributed by atoms with Gasteiger partial charge in [-0.3, -0.25) is 9.59 Å². The van der Waals surface area contributed by atoms with Crippen LogP contribution >= 0.6 is 11.6 Å². The first-order valence-corrected chi connectivity index (χ1v) is 6.44. The summed E-state index contributed by atoms with van der Waals surface area (Å²) in [5.74, 6) is -1.65. The van der Waals surface area contributed by atoms with E-state index in [1.54, 1.807) is 24.3 Å². The molecule has 0 aliphatic rings. The summed E-state index contributed by atoms with van der Waals surface area (Å²) in [7, 11) is 0. The molecule has 0 saturated carbocycles. The second kappa shape index (κ2) is 7.92. The molecule has 0 bridgehead atoms. The van der Waals surface area contributed by atoms with E-state index < -0.39 is 11.9 Å². The molecule has 1 rings (SSSR count). The van der Waals surface area contributed by atoms with Gasteiger partial charge in [-0.05, 0) is 30.7 Å². The lowest BCUT2D eigenvalue weighted by Gasteiger charge is -2.07. The number of nitrogens with zero attached hydrogens (tertiary/aromatic N) is 1. The van der Waals surface area contributed by atoms with Gasteiger partial charge in [0.2, 0.25) is 0 Å². The Kier molecular flexibility index (Phi) is 6.24. The van der Waals surface area contributed by atoms with Crippen molar-refractivity contribution < 1.29 is 14.7 Å². The van der Waals surface area contributed by atoms with Gasteiger partial charge in [0.1, 0.15) is 11.6 Å². The summed E-state index contributed by atoms with van der Waals surface area (Å²) < 4.78 is 0. The average Bonchev–Trinajstić information content (AvgIpc) is 2.41. The van der Waals surface area contributed by atoms with E-state index in [0.29, 0.717) is 10.7 Å². The van der Waals surface area contributed by atoms with Crippen LogP contribution in [0.3, 0.4) is 0 Å². The van der Waals surface area contributed by atoms with Crippen LogP contribution in [0.4, 0.5) is 5.69 Å². The van der Waals surface area contributed by atoms with Crippen LogP contribution < -0.4 is 10.6 Å². The van der Waals surface area contributed by atoms with E-state index in [4.69, 9.17) is 22.0 Å². The molecule has 3 N–H and O–H groups in total. The van der Waals surface area contributed by atoms with Crippen molar-refractivity contribution in [2.45, 2.75) is 13.3 Å². The topological polar surface area (TPSA) is 102 Å². The zero-order chi connectivity index (χ0) is 15.8. The summed E-state index contributed by atoms with van der Waals surface area (Å²) in [6, 6.07) is 6.91. The summed E-state index contributed by atoms with van der Waals surface area (Å²) in [4.78, 5) is 22.0. The van der Waals surface area contributed by atoms with E-state index in [1.807, 2.05) is 6.92 Å². The number of benzene rings is 1. The molecule has 1 amide bonds. The Morgan fingerprint density at radius 1 is 1.48 bits per heavy atom. The monoisotopic (exact) mass is 307 g/mol. The second-order valence-corrected chi connectivity index (χ2v) is 4.61. The van der Waals surface area contributed by atoms with Crippen LogP contribution in [0.1, 0.15) is 12.0 Å². The minimum Gasteiger partial charge on any atom is -0.481 e. The van der Waals surface area contributed by atoms with Gasteiger partial charge in [0, 0.05) is 23.5 Å². The number of rotatable bonds is 6. The molecule has 21 heavy (non-hydrogen) atoms. The largest absolute Gasteiger partial charge is 0.481 e. The maximum Gasteiger partial charge on any atom is 0.305 e. The van der Waals surface area contributed by atoms with Gasteiger partial charge >= 0.3 is 5.97 Å². The van der Waals surface area contributed by atoms with Gasteiger partial charge in [-0.2, -0.15) is 5.26 Å². The normalized spacial score (nSPS) is 10.6. The summed E-state index contributed by atoms with van der Waals surface area (Å²) in [5.41, 5.74) is 1.43. The molecular formula is C14H14ClN3O3. The predicted octanol–water partition coefficient (Wildman–Crippen LogP) is 2.06. The molecule has 0 saturated heterocycles. The Morgan fingerprint density at radius 3 is 2.76 bits per heavy atom. The SMILES string of the molecule is Cc1cc(Cl)ccc1N/C=C(/C#N)C(=O)NCCC(=O)O. The number of halogens is 1. The number of aryl methyl sites for hydroxylation is 1. The van der Waals surface area contributed by atoms with Crippen LogP contribution in [-0.2, 0) is 9.59 Å². The molecule has 0 aliphatic heterocycles. The van der Waals surface area contributed by atoms with Gasteiger partial charge in [0.15, 0.2) is 0 Å². The summed E-state index contributed by atoms with van der Waals surface area (Å²) in [6.45, 7) is 1.80. The first-order valence-electron chi connectivity index (χ1n) is 6.07. The fourth-order valence-corrected chi connectivity index (χ4v) is 1.69. The Hall–Kier alpha value is -2.52. The number of aliphatic carboxylic acids is 1. The number of carbonyl (C=O) groups excluding carboxylic acids is 1. The third-order valence-corrected chi connectivity index (χ3v) is 2.79. The number of carboxylic acid groups (broad SMARTS) is 1. The molecule has 0 fully saturated rings. The first kappa shape index (κ1) is 16.5. The van der Waals surface area contributed by atoms with E-state index in [0.717, 1.165) is 5.56 Å². The first-order chi connectivity index (χ1) is 9.93. The smallest absolute Gasteiger partial charge is 0.305 e. The summed E-state index contributed by atoms with van der Waals surface area (Å²) >= 11 is 5.83. The molecule has 0 atom stereocenters. The Balaban J connectivity index is 2.69. The number of nitrogens with one attached hydrogen (secondary N) is 2. The third kappa shape index (κ3) is 5.55. The standard InChI is InChI=1S/C14H14ClN3O3/c1-9-6-11(15)2-3-12(9)18-8-10(7-16)14(21)17-5-4-13(19)20/h2-3,6,8,18H,4-5H2,1H3,(H,17,21)(H,19,20)/b10-8-. The highest BCUT2D eigenvalue weighted by molar-refractivity contribution is 6.30. The van der Waals surface area contributed by atoms with E-state index in [9.17, 15) is 9.59 Å². The van der Waals surface area contributed by atoms with Gasteiger partial charge in [-0.1, -0.05) is 11.6 Å². The highest BCUT2D eigenvalue weighted by Gasteiger charge is 2.09. The molecule has 1 aromatic carbocycles. The maximum atomic E-state index is 11.7. The summed E-state index contributed by atoms with van der Waals surface area (Å²) in [5, 5.41) is 23.2. The van der Waals surface area contributed by atoms with Crippen molar-refractivity contribution in [3.63, 3.8) is 0 Å². The van der Waals surface area contributed by atoms with Crippen molar-refractivity contribution >= 4 is 29.2 Å². The van der Waals surface area contributed by atoms with Crippen molar-refractivity contribution in [2.24, 2.45) is 0 Å². The van der Waals surface area contributed by atoms with E-state index in [1.165, 1.54) is 6.20 Å². The average molecular weight is 308 g/mol. The van der Waals surface area contributed by atoms with Gasteiger partial charge in [0.05, 0.1) is 6.42 Å². The number of amides is 1. The van der Waals surface area contributed by atoms with Crippen LogP contribution in [0.25, 0.3) is 0 Å². The van der Waals surface area contributed by atoms with E-state index in [2.05, 4.69) is 10.6 Å². The zero-order valence-corrected chi connectivity index (χ0v) is 12.1. The fraction of sp³-hybridized carbons (Fsp3) is 0.214. The van der Waals surface area contributed by atoms with Crippen LogP contribution in [0.15, 0.2) is 30.0 Å². The molecule has 0 radical (unpaired) electrons. The van der Waals surface area contributed by atoms with Crippen molar-refractivity contribution in [1.82, 2.24) is 5.32 Å². The zero-order valence-electron chi connectivity index (χ0n) is 11.3. The Bertz CT molecular complexity index is 620. The lowest BCUT2D eigenvalue weighted by molar-refractivity contribution is -0.136. The van der Waals surface area contributed by atoms with E-state index >= 15 is 0 Å². The molecule has 0 heterocycles. The number of anilines is 1. The van der Waals surface area contributed by atoms with Crippen LogP contribution in [0, 0.1) is 18.3 Å². The van der Waals surface area contributed by atoms with Crippen LogP contribution in [-0.4, -0.2) is 23.5 Å². The fourth-order valence-electron chi connectivity index (χ4n) is 1.47.